The van der Waals surface area contributed by atoms with Crippen molar-refractivity contribution in [1.82, 2.24) is 5.32 Å². The number of hydrogen-bond donors (Lipinski definition) is 2. The highest BCUT2D eigenvalue weighted by atomic mass is 32.2. The van der Waals surface area contributed by atoms with Crippen molar-refractivity contribution in [2.24, 2.45) is 0 Å². The predicted molar refractivity (Wildman–Crippen MR) is 107 cm³/mol. The molecule has 1 atom stereocenters. The van der Waals surface area contributed by atoms with Crippen molar-refractivity contribution < 1.29 is 4.79 Å². The highest BCUT2D eigenvalue weighted by molar-refractivity contribution is 7.98. The predicted octanol–water partition coefficient (Wildman–Crippen LogP) is 4.79. The monoisotopic (exact) mass is 368 g/mol. The molecule has 3 rings (SSSR count). The van der Waals surface area contributed by atoms with Crippen molar-refractivity contribution in [2.45, 2.75) is 10.9 Å². The van der Waals surface area contributed by atoms with Crippen molar-refractivity contribution in [3.8, 4) is 0 Å². The molecule has 0 saturated heterocycles. The molecule has 0 aliphatic heterocycles. The summed E-state index contributed by atoms with van der Waals surface area (Å²) in [5.74, 6) is -0.0456. The van der Waals surface area contributed by atoms with Crippen LogP contribution in [0, 0.1) is 0 Å². The molecule has 1 amide bonds. The van der Waals surface area contributed by atoms with E-state index < -0.39 is 0 Å². The summed E-state index contributed by atoms with van der Waals surface area (Å²) < 4.78 is 0. The van der Waals surface area contributed by atoms with Gasteiger partial charge in [-0.15, -0.1) is 23.1 Å². The number of rotatable bonds is 7. The molecule has 0 saturated carbocycles. The van der Waals surface area contributed by atoms with Gasteiger partial charge in [-0.05, 0) is 41.5 Å². The fourth-order valence-electron chi connectivity index (χ4n) is 2.58. The summed E-state index contributed by atoms with van der Waals surface area (Å²) in [6, 6.07) is 22.2. The van der Waals surface area contributed by atoms with Crippen LogP contribution in [0.1, 0.15) is 16.5 Å². The van der Waals surface area contributed by atoms with E-state index >= 15 is 0 Å². The first-order valence-corrected chi connectivity index (χ1v) is 10.1. The van der Waals surface area contributed by atoms with Gasteiger partial charge in [0.25, 0.3) is 0 Å². The molecule has 2 aromatic carbocycles. The Morgan fingerprint density at radius 2 is 1.92 bits per heavy atom. The minimum atomic E-state index is -0.0456. The third-order valence-electron chi connectivity index (χ3n) is 3.78. The number of thiophene rings is 1. The molecule has 0 bridgehead atoms. The molecular formula is C20H20N2OS2. The van der Waals surface area contributed by atoms with Crippen LogP contribution in [-0.4, -0.2) is 18.7 Å². The lowest BCUT2D eigenvalue weighted by Crippen LogP contribution is -2.31. The van der Waals surface area contributed by atoms with Gasteiger partial charge in [0.1, 0.15) is 0 Å². The molecular weight excluding hydrogens is 348 g/mol. The van der Waals surface area contributed by atoms with E-state index in [4.69, 9.17) is 0 Å². The van der Waals surface area contributed by atoms with Crippen molar-refractivity contribution in [3.63, 3.8) is 0 Å². The molecule has 0 spiro atoms. The number of carbonyl (C=O) groups excluding carboxylic acids is 1. The molecule has 128 valence electrons. The highest BCUT2D eigenvalue weighted by Crippen LogP contribution is 2.25. The molecule has 1 heterocycles. The maximum absolute atomic E-state index is 12.3. The molecule has 3 nitrogen and oxygen atoms in total. The van der Waals surface area contributed by atoms with Gasteiger partial charge in [0.15, 0.2) is 0 Å². The van der Waals surface area contributed by atoms with E-state index in [0.29, 0.717) is 0 Å². The first kappa shape index (κ1) is 17.7. The summed E-state index contributed by atoms with van der Waals surface area (Å²) in [6.07, 6.45) is 2.02. The summed E-state index contributed by atoms with van der Waals surface area (Å²) >= 11 is 3.35. The van der Waals surface area contributed by atoms with E-state index in [-0.39, 0.29) is 18.5 Å². The van der Waals surface area contributed by atoms with Crippen LogP contribution in [0.2, 0.25) is 0 Å². The minimum absolute atomic E-state index is 0.0180. The van der Waals surface area contributed by atoms with Crippen molar-refractivity contribution >= 4 is 34.7 Å². The third kappa shape index (κ3) is 4.95. The second-order valence-corrected chi connectivity index (χ2v) is 7.38. The standard InChI is InChI=1S/C20H20N2OS2/c1-24-17-10-5-9-16(13-17)22-19(23)14-21-20(18-11-6-12-25-18)15-7-3-2-4-8-15/h2-13,20-21H,14H2,1H3,(H,22,23)/t20-/m0/s1. The minimum Gasteiger partial charge on any atom is -0.325 e. The highest BCUT2D eigenvalue weighted by Gasteiger charge is 2.15. The molecule has 0 fully saturated rings. The van der Waals surface area contributed by atoms with Gasteiger partial charge < -0.3 is 5.32 Å². The van der Waals surface area contributed by atoms with Gasteiger partial charge >= 0.3 is 0 Å². The third-order valence-corrected chi connectivity index (χ3v) is 5.44. The molecule has 2 N–H and O–H groups in total. The second-order valence-electron chi connectivity index (χ2n) is 5.52. The molecule has 3 aromatic rings. The maximum Gasteiger partial charge on any atom is 0.238 e. The number of carbonyl (C=O) groups is 1. The lowest BCUT2D eigenvalue weighted by molar-refractivity contribution is -0.115. The number of hydrogen-bond acceptors (Lipinski definition) is 4. The van der Waals surface area contributed by atoms with Crippen molar-refractivity contribution in [3.05, 3.63) is 82.6 Å². The van der Waals surface area contributed by atoms with E-state index in [1.807, 2.05) is 54.8 Å². The second kappa shape index (κ2) is 8.85. The summed E-state index contributed by atoms with van der Waals surface area (Å²) in [5.41, 5.74) is 1.98. The van der Waals surface area contributed by atoms with Crippen LogP contribution in [0.4, 0.5) is 5.69 Å². The molecule has 5 heteroatoms. The SMILES string of the molecule is CSc1cccc(NC(=O)CN[C@@H](c2ccccc2)c2cccs2)c1. The number of anilines is 1. The Hall–Kier alpha value is -2.08. The summed E-state index contributed by atoms with van der Waals surface area (Å²) in [7, 11) is 0. The molecule has 1 aromatic heterocycles. The van der Waals surface area contributed by atoms with Crippen molar-refractivity contribution in [2.75, 3.05) is 18.1 Å². The van der Waals surface area contributed by atoms with Gasteiger partial charge in [-0.1, -0.05) is 42.5 Å². The Balaban J connectivity index is 1.66. The van der Waals surface area contributed by atoms with Crippen LogP contribution in [0.15, 0.2) is 77.0 Å². The average molecular weight is 369 g/mol. The smallest absolute Gasteiger partial charge is 0.238 e. The van der Waals surface area contributed by atoms with E-state index in [9.17, 15) is 4.79 Å². The van der Waals surface area contributed by atoms with E-state index in [2.05, 4.69) is 34.2 Å². The zero-order valence-corrected chi connectivity index (χ0v) is 15.6. The van der Waals surface area contributed by atoms with Crippen LogP contribution in [0.25, 0.3) is 0 Å². The maximum atomic E-state index is 12.3. The normalized spacial score (nSPS) is 11.9. The Morgan fingerprint density at radius 3 is 2.64 bits per heavy atom. The van der Waals surface area contributed by atoms with Gasteiger partial charge in [-0.25, -0.2) is 0 Å². The fraction of sp³-hybridized carbons (Fsp3) is 0.150. The Bertz CT molecular complexity index is 804. The molecule has 25 heavy (non-hydrogen) atoms. The van der Waals surface area contributed by atoms with Crippen LogP contribution in [0.5, 0.6) is 0 Å². The van der Waals surface area contributed by atoms with Gasteiger partial charge in [0.05, 0.1) is 12.6 Å². The molecule has 0 aliphatic carbocycles. The summed E-state index contributed by atoms with van der Waals surface area (Å²) in [6.45, 7) is 0.251. The summed E-state index contributed by atoms with van der Waals surface area (Å²) in [4.78, 5) is 14.7. The lowest BCUT2D eigenvalue weighted by Gasteiger charge is -2.18. The van der Waals surface area contributed by atoms with E-state index in [1.54, 1.807) is 23.1 Å². The molecule has 0 unspecified atom stereocenters. The zero-order valence-electron chi connectivity index (χ0n) is 13.9. The van der Waals surface area contributed by atoms with Gasteiger partial charge in [0.2, 0.25) is 5.91 Å². The Morgan fingerprint density at radius 1 is 1.08 bits per heavy atom. The number of amides is 1. The van der Waals surface area contributed by atoms with E-state index in [1.165, 1.54) is 4.88 Å². The topological polar surface area (TPSA) is 41.1 Å². The number of thioether (sulfide) groups is 1. The summed E-state index contributed by atoms with van der Waals surface area (Å²) in [5, 5.41) is 8.39. The first-order valence-electron chi connectivity index (χ1n) is 8.02. The number of nitrogens with one attached hydrogen (secondary N) is 2. The largest absolute Gasteiger partial charge is 0.325 e. The first-order chi connectivity index (χ1) is 12.3. The van der Waals surface area contributed by atoms with Crippen LogP contribution >= 0.6 is 23.1 Å². The van der Waals surface area contributed by atoms with Crippen LogP contribution in [0.3, 0.4) is 0 Å². The average Bonchev–Trinajstić information content (AvgIpc) is 3.17. The molecule has 0 radical (unpaired) electrons. The lowest BCUT2D eigenvalue weighted by atomic mass is 10.1. The number of benzene rings is 2. The van der Waals surface area contributed by atoms with Crippen LogP contribution < -0.4 is 10.6 Å². The van der Waals surface area contributed by atoms with E-state index in [0.717, 1.165) is 16.1 Å². The van der Waals surface area contributed by atoms with Gasteiger partial charge in [0, 0.05) is 15.5 Å². The quantitative estimate of drug-likeness (QED) is 0.589. The van der Waals surface area contributed by atoms with Crippen molar-refractivity contribution in [1.29, 1.82) is 0 Å². The Kier molecular flexibility index (Phi) is 6.28. The van der Waals surface area contributed by atoms with Gasteiger partial charge in [-0.3, -0.25) is 10.1 Å². The fourth-order valence-corrected chi connectivity index (χ4v) is 3.87. The van der Waals surface area contributed by atoms with Crippen LogP contribution in [-0.2, 0) is 4.79 Å². The zero-order chi connectivity index (χ0) is 17.5. The van der Waals surface area contributed by atoms with Gasteiger partial charge in [-0.2, -0.15) is 0 Å². The Labute approximate surface area is 156 Å². The molecule has 0 aliphatic rings.